The number of ether oxygens (including phenoxy) is 1. The number of hydrogen-bond donors (Lipinski definition) is 1. The molecule has 1 N–H and O–H groups in total. The molecule has 27 heavy (non-hydrogen) atoms. The van der Waals surface area contributed by atoms with Crippen molar-refractivity contribution in [1.82, 2.24) is 9.62 Å². The Hall–Kier alpha value is -2.00. The van der Waals surface area contributed by atoms with Gasteiger partial charge < -0.3 is 10.1 Å². The van der Waals surface area contributed by atoms with Crippen molar-refractivity contribution in [2.75, 3.05) is 26.2 Å². The van der Waals surface area contributed by atoms with Crippen molar-refractivity contribution in [2.24, 2.45) is 5.41 Å². The summed E-state index contributed by atoms with van der Waals surface area (Å²) in [6.45, 7) is 4.02. The summed E-state index contributed by atoms with van der Waals surface area (Å²) in [7, 11) is -4.20. The standard InChI is InChI=1S/C18H23FN2O5S/c1-3-26-16(22)13-10-15(14(19)9-12(13)2)27(24,25)21-8-4-5-18(11-21)6-7-20-17(18)23/h9-10H,3-8,11H2,1-2H3,(H,20,23). The maximum Gasteiger partial charge on any atom is 0.338 e. The predicted octanol–water partition coefficient (Wildman–Crippen LogP) is 1.60. The van der Waals surface area contributed by atoms with Crippen LogP contribution in [0.15, 0.2) is 17.0 Å². The van der Waals surface area contributed by atoms with E-state index in [1.54, 1.807) is 6.92 Å². The summed E-state index contributed by atoms with van der Waals surface area (Å²) < 4.78 is 46.8. The molecule has 1 atom stereocenters. The molecule has 0 aromatic heterocycles. The van der Waals surface area contributed by atoms with Crippen LogP contribution in [0.3, 0.4) is 0 Å². The molecule has 1 aromatic carbocycles. The number of carbonyl (C=O) groups is 2. The van der Waals surface area contributed by atoms with Crippen LogP contribution < -0.4 is 5.32 Å². The average molecular weight is 398 g/mol. The van der Waals surface area contributed by atoms with Gasteiger partial charge >= 0.3 is 5.97 Å². The lowest BCUT2D eigenvalue weighted by molar-refractivity contribution is -0.129. The van der Waals surface area contributed by atoms with Crippen molar-refractivity contribution >= 4 is 21.9 Å². The first-order chi connectivity index (χ1) is 12.7. The molecule has 2 aliphatic rings. The zero-order chi connectivity index (χ0) is 19.8. The molecule has 0 aliphatic carbocycles. The zero-order valence-electron chi connectivity index (χ0n) is 15.4. The number of amides is 1. The molecule has 1 spiro atoms. The van der Waals surface area contributed by atoms with E-state index in [9.17, 15) is 22.4 Å². The van der Waals surface area contributed by atoms with E-state index >= 15 is 0 Å². The Morgan fingerprint density at radius 2 is 2.11 bits per heavy atom. The van der Waals surface area contributed by atoms with Gasteiger partial charge in [0.05, 0.1) is 17.6 Å². The molecular weight excluding hydrogens is 375 g/mol. The second-order valence-electron chi connectivity index (χ2n) is 7.05. The number of carbonyl (C=O) groups excluding carboxylic acids is 2. The fraction of sp³-hybridized carbons (Fsp3) is 0.556. The molecule has 7 nitrogen and oxygen atoms in total. The first-order valence-corrected chi connectivity index (χ1v) is 10.4. The number of benzene rings is 1. The van der Waals surface area contributed by atoms with Crippen molar-refractivity contribution in [3.63, 3.8) is 0 Å². The molecule has 1 amide bonds. The van der Waals surface area contributed by atoms with E-state index in [2.05, 4.69) is 5.32 Å². The number of nitrogens with zero attached hydrogens (tertiary/aromatic N) is 1. The van der Waals surface area contributed by atoms with Crippen molar-refractivity contribution in [3.05, 3.63) is 29.1 Å². The molecule has 2 heterocycles. The maximum absolute atomic E-state index is 14.5. The van der Waals surface area contributed by atoms with Gasteiger partial charge in [0.2, 0.25) is 15.9 Å². The van der Waals surface area contributed by atoms with E-state index in [1.165, 1.54) is 6.92 Å². The van der Waals surface area contributed by atoms with E-state index in [0.717, 1.165) is 16.4 Å². The maximum atomic E-state index is 14.5. The molecule has 3 rings (SSSR count). The second kappa shape index (κ2) is 7.20. The van der Waals surface area contributed by atoms with Gasteiger partial charge in [-0.1, -0.05) is 0 Å². The Balaban J connectivity index is 1.98. The molecule has 9 heteroatoms. The van der Waals surface area contributed by atoms with Gasteiger partial charge in [-0.25, -0.2) is 17.6 Å². The molecular formula is C18H23FN2O5S. The number of hydrogen-bond acceptors (Lipinski definition) is 5. The Labute approximate surface area is 157 Å². The molecule has 0 bridgehead atoms. The summed E-state index contributed by atoms with van der Waals surface area (Å²) in [6.07, 6.45) is 1.68. The smallest absolute Gasteiger partial charge is 0.338 e. The van der Waals surface area contributed by atoms with Crippen LogP contribution >= 0.6 is 0 Å². The second-order valence-corrected chi connectivity index (χ2v) is 8.95. The third kappa shape index (κ3) is 3.45. The summed E-state index contributed by atoms with van der Waals surface area (Å²) in [5.74, 6) is -1.77. The van der Waals surface area contributed by atoms with Gasteiger partial charge in [0.25, 0.3) is 0 Å². The highest BCUT2D eigenvalue weighted by atomic mass is 32.2. The van der Waals surface area contributed by atoms with Crippen molar-refractivity contribution in [3.8, 4) is 0 Å². The molecule has 1 aromatic rings. The van der Waals surface area contributed by atoms with Crippen LogP contribution in [0.5, 0.6) is 0 Å². The van der Waals surface area contributed by atoms with E-state index in [-0.39, 0.29) is 31.2 Å². The highest BCUT2D eigenvalue weighted by Gasteiger charge is 2.48. The number of esters is 1. The lowest BCUT2D eigenvalue weighted by atomic mass is 9.79. The minimum absolute atomic E-state index is 0.0159. The summed E-state index contributed by atoms with van der Waals surface area (Å²) in [5, 5.41) is 2.75. The fourth-order valence-electron chi connectivity index (χ4n) is 3.82. The predicted molar refractivity (Wildman–Crippen MR) is 95.1 cm³/mol. The van der Waals surface area contributed by atoms with Gasteiger partial charge in [-0.15, -0.1) is 0 Å². The van der Waals surface area contributed by atoms with Gasteiger partial charge in [0.1, 0.15) is 10.7 Å². The minimum Gasteiger partial charge on any atom is -0.462 e. The lowest BCUT2D eigenvalue weighted by Gasteiger charge is -2.37. The number of piperidine rings is 1. The third-order valence-corrected chi connectivity index (χ3v) is 7.16. The van der Waals surface area contributed by atoms with Crippen molar-refractivity contribution in [1.29, 1.82) is 0 Å². The zero-order valence-corrected chi connectivity index (χ0v) is 16.2. The van der Waals surface area contributed by atoms with Gasteiger partial charge in [-0.3, -0.25) is 4.79 Å². The number of nitrogens with one attached hydrogen (secondary N) is 1. The first-order valence-electron chi connectivity index (χ1n) is 8.97. The Kier molecular flexibility index (Phi) is 5.27. The van der Waals surface area contributed by atoms with E-state index in [4.69, 9.17) is 4.74 Å². The number of sulfonamides is 1. The van der Waals surface area contributed by atoms with Crippen LogP contribution in [0, 0.1) is 18.2 Å². The molecule has 0 saturated carbocycles. The number of rotatable bonds is 4. The quantitative estimate of drug-likeness (QED) is 0.778. The van der Waals surface area contributed by atoms with Gasteiger partial charge in [-0.2, -0.15) is 4.31 Å². The highest BCUT2D eigenvalue weighted by Crippen LogP contribution is 2.38. The first kappa shape index (κ1) is 19.8. The van der Waals surface area contributed by atoms with E-state index < -0.39 is 32.1 Å². The minimum atomic E-state index is -4.20. The number of halogens is 1. The number of aryl methyl sites for hydroxylation is 1. The van der Waals surface area contributed by atoms with E-state index in [1.807, 2.05) is 0 Å². The molecule has 148 valence electrons. The average Bonchev–Trinajstić information content (AvgIpc) is 2.94. The summed E-state index contributed by atoms with van der Waals surface area (Å²) >= 11 is 0. The van der Waals surface area contributed by atoms with Crippen LogP contribution in [0.2, 0.25) is 0 Å². The van der Waals surface area contributed by atoms with Gasteiger partial charge in [0, 0.05) is 19.6 Å². The van der Waals surface area contributed by atoms with E-state index in [0.29, 0.717) is 31.4 Å². The monoisotopic (exact) mass is 398 g/mol. The highest BCUT2D eigenvalue weighted by molar-refractivity contribution is 7.89. The normalized spacial score (nSPS) is 23.4. The Bertz CT molecular complexity index is 886. The van der Waals surface area contributed by atoms with Crippen LogP contribution in [-0.2, 0) is 19.6 Å². The van der Waals surface area contributed by atoms with Gasteiger partial charge in [-0.05, 0) is 50.8 Å². The molecule has 1 unspecified atom stereocenters. The van der Waals surface area contributed by atoms with Crippen molar-refractivity contribution < 1.29 is 27.1 Å². The van der Waals surface area contributed by atoms with Crippen LogP contribution in [-0.4, -0.2) is 50.8 Å². The molecule has 2 aliphatic heterocycles. The Morgan fingerprint density at radius 3 is 2.74 bits per heavy atom. The summed E-state index contributed by atoms with van der Waals surface area (Å²) in [4.78, 5) is 23.7. The largest absolute Gasteiger partial charge is 0.462 e. The molecule has 0 radical (unpaired) electrons. The summed E-state index contributed by atoms with van der Waals surface area (Å²) in [5.41, 5.74) is -0.437. The SMILES string of the molecule is CCOC(=O)c1cc(S(=O)(=O)N2CCCC3(CCNC3=O)C2)c(F)cc1C. The third-order valence-electron chi connectivity index (χ3n) is 5.30. The molecule has 2 fully saturated rings. The molecule has 2 saturated heterocycles. The Morgan fingerprint density at radius 1 is 1.37 bits per heavy atom. The van der Waals surface area contributed by atoms with Crippen LogP contribution in [0.1, 0.15) is 42.1 Å². The van der Waals surface area contributed by atoms with Crippen LogP contribution in [0.25, 0.3) is 0 Å². The topological polar surface area (TPSA) is 92.8 Å². The van der Waals surface area contributed by atoms with Gasteiger partial charge in [0.15, 0.2) is 0 Å². The van der Waals surface area contributed by atoms with Crippen LogP contribution in [0.4, 0.5) is 4.39 Å². The lowest BCUT2D eigenvalue weighted by Crippen LogP contribution is -2.49. The fourth-order valence-corrected chi connectivity index (χ4v) is 5.46. The summed E-state index contributed by atoms with van der Waals surface area (Å²) in [6, 6.07) is 2.06. The van der Waals surface area contributed by atoms with Crippen molar-refractivity contribution in [2.45, 2.75) is 38.0 Å².